The van der Waals surface area contributed by atoms with E-state index < -0.39 is 36.5 Å². The monoisotopic (exact) mass is 615 g/mol. The highest BCUT2D eigenvalue weighted by molar-refractivity contribution is 8.30. The fourth-order valence-corrected chi connectivity index (χ4v) is 7.94. The summed E-state index contributed by atoms with van der Waals surface area (Å²) in [7, 11) is 0. The fourth-order valence-electron chi connectivity index (χ4n) is 4.38. The molecule has 14 heteroatoms. The Kier molecular flexibility index (Phi) is 8.14. The summed E-state index contributed by atoms with van der Waals surface area (Å²) in [4.78, 5) is 53.1. The average molecular weight is 616 g/mol. The number of carbonyl (C=O) groups is 3. The number of carboxylic acid groups (broad SMARTS) is 2. The minimum absolute atomic E-state index is 0.0114. The molecule has 40 heavy (non-hydrogen) atoms. The van der Waals surface area contributed by atoms with Crippen molar-refractivity contribution in [1.82, 2.24) is 9.47 Å². The van der Waals surface area contributed by atoms with Crippen molar-refractivity contribution in [3.05, 3.63) is 67.1 Å². The van der Waals surface area contributed by atoms with Gasteiger partial charge < -0.3 is 20.2 Å². The molecule has 2 aliphatic heterocycles. The number of nitrogens with zero attached hydrogens (tertiary/aromatic N) is 3. The first-order valence-corrected chi connectivity index (χ1v) is 14.8. The molecule has 3 aromatic rings. The van der Waals surface area contributed by atoms with Crippen molar-refractivity contribution < 1.29 is 29.7 Å². The molecule has 206 valence electrons. The Morgan fingerprint density at radius 1 is 0.950 bits per heavy atom. The van der Waals surface area contributed by atoms with E-state index >= 15 is 0 Å². The normalized spacial score (nSPS) is 17.9. The number of anilines is 1. The molecule has 0 aliphatic carbocycles. The summed E-state index contributed by atoms with van der Waals surface area (Å²) >= 11 is 8.47. The van der Waals surface area contributed by atoms with Crippen LogP contribution in [0.3, 0.4) is 0 Å². The van der Waals surface area contributed by atoms with E-state index in [1.165, 1.54) is 11.8 Å². The van der Waals surface area contributed by atoms with Gasteiger partial charge in [-0.1, -0.05) is 66.1 Å². The number of carboxylic acids is 2. The molecule has 1 fully saturated rings. The van der Waals surface area contributed by atoms with Crippen molar-refractivity contribution in [1.29, 1.82) is 0 Å². The van der Waals surface area contributed by atoms with Crippen LogP contribution >= 0.6 is 47.1 Å². The molecule has 0 radical (unpaired) electrons. The number of aromatic nitrogens is 1. The number of thiocarbonyl (C=S) groups is 1. The number of thiazole rings is 1. The van der Waals surface area contributed by atoms with Gasteiger partial charge in [0, 0.05) is 23.4 Å². The standard InChI is InChI=1S/C26H21N3O7S4/c30-11-3-10-27-18(38-16-7-6-14-4-1-2-5-15(14)21(16)27)9-8-17-23(35)28(12-19(31)32)25(39-17)22-24(36)29(13-20(33)34)26(37)40-22/h1-2,4-9,30H,3,10-13H2,(H,31,32)(H,33,34)/b17-8?,18-9?,25-22-. The van der Waals surface area contributed by atoms with Crippen molar-refractivity contribution in [3.8, 4) is 0 Å². The number of aliphatic hydroxyl groups excluding tert-OH is 1. The number of allylic oxidation sites excluding steroid dienone is 1. The molecule has 3 N–H and O–H groups in total. The third-order valence-electron chi connectivity index (χ3n) is 6.07. The van der Waals surface area contributed by atoms with Gasteiger partial charge in [-0.25, -0.2) is 0 Å². The summed E-state index contributed by atoms with van der Waals surface area (Å²) in [5.74, 6) is -3.21. The number of hydrogen-bond acceptors (Lipinski definition) is 10. The number of thioether (sulfide) groups is 2. The number of hydrogen-bond donors (Lipinski definition) is 3. The zero-order chi connectivity index (χ0) is 28.6. The van der Waals surface area contributed by atoms with Crippen LogP contribution in [0.15, 0.2) is 57.2 Å². The van der Waals surface area contributed by atoms with Crippen molar-refractivity contribution in [2.75, 3.05) is 24.6 Å². The van der Waals surface area contributed by atoms with Gasteiger partial charge in [0.1, 0.15) is 27.0 Å². The molecular formula is C26H21N3O7S4. The van der Waals surface area contributed by atoms with Gasteiger partial charge in [-0.3, -0.25) is 28.6 Å². The van der Waals surface area contributed by atoms with Crippen LogP contribution in [0.2, 0.25) is 0 Å². The second-order valence-corrected chi connectivity index (χ2v) is 12.4. The second-order valence-electron chi connectivity index (χ2n) is 8.67. The number of fused-ring (bicyclic) bond motifs is 3. The van der Waals surface area contributed by atoms with Crippen molar-refractivity contribution >= 4 is 96.7 Å². The number of aliphatic carboxylic acids is 2. The summed E-state index contributed by atoms with van der Waals surface area (Å²) in [5.41, 5.74) is 0.428. The van der Waals surface area contributed by atoms with E-state index in [4.69, 9.17) is 17.3 Å². The SMILES string of the molecule is O=C(O)CN1C(=O)/C(=c2/sc(=CC=C3Sc4ccc5ccccc5c4N3CCCO)c(=O)n2CC(=O)O)SC1=S. The molecule has 10 nitrogen and oxygen atoms in total. The third-order valence-corrected chi connectivity index (χ3v) is 9.90. The molecule has 0 saturated carbocycles. The maximum absolute atomic E-state index is 13.3. The quantitative estimate of drug-likeness (QED) is 0.320. The summed E-state index contributed by atoms with van der Waals surface area (Å²) in [6.45, 7) is -0.753. The lowest BCUT2D eigenvalue weighted by atomic mass is 10.1. The van der Waals surface area contributed by atoms with Crippen LogP contribution in [0.25, 0.3) is 21.8 Å². The zero-order valence-electron chi connectivity index (χ0n) is 20.6. The van der Waals surface area contributed by atoms with Crippen LogP contribution in [-0.4, -0.2) is 66.6 Å². The van der Waals surface area contributed by atoms with Gasteiger partial charge in [0.05, 0.1) is 15.2 Å². The molecule has 2 aliphatic rings. The average Bonchev–Trinajstić information content (AvgIpc) is 3.52. The molecule has 5 rings (SSSR count). The van der Waals surface area contributed by atoms with Gasteiger partial charge in [-0.15, -0.1) is 11.3 Å². The number of aliphatic hydroxyl groups is 1. The zero-order valence-corrected chi connectivity index (χ0v) is 23.9. The van der Waals surface area contributed by atoms with Gasteiger partial charge in [0.2, 0.25) is 0 Å². The third kappa shape index (κ3) is 5.32. The Morgan fingerprint density at radius 3 is 2.42 bits per heavy atom. The van der Waals surface area contributed by atoms with E-state index in [0.29, 0.717) is 13.0 Å². The van der Waals surface area contributed by atoms with Crippen LogP contribution in [-0.2, 0) is 20.9 Å². The Hall–Kier alpha value is -3.43. The first-order chi connectivity index (χ1) is 19.2. The van der Waals surface area contributed by atoms with Crippen molar-refractivity contribution in [2.45, 2.75) is 17.9 Å². The first-order valence-electron chi connectivity index (χ1n) is 11.9. The molecule has 1 aromatic heterocycles. The highest BCUT2D eigenvalue weighted by atomic mass is 32.2. The van der Waals surface area contributed by atoms with Gasteiger partial charge in [0.15, 0.2) is 0 Å². The van der Waals surface area contributed by atoms with E-state index in [1.807, 2.05) is 36.4 Å². The first kappa shape index (κ1) is 28.1. The topological polar surface area (TPSA) is 140 Å². The fraction of sp³-hybridized carbons (Fsp3) is 0.192. The molecule has 0 bridgehead atoms. The predicted octanol–water partition coefficient (Wildman–Crippen LogP) is 1.82. The second kappa shape index (κ2) is 11.6. The Balaban J connectivity index is 1.63. The van der Waals surface area contributed by atoms with E-state index in [2.05, 4.69) is 4.90 Å². The lowest BCUT2D eigenvalue weighted by Gasteiger charge is -2.21. The minimum atomic E-state index is -1.27. The van der Waals surface area contributed by atoms with E-state index in [0.717, 1.165) is 59.0 Å². The molecule has 2 aromatic carbocycles. The van der Waals surface area contributed by atoms with Gasteiger partial charge in [-0.05, 0) is 30.0 Å². The van der Waals surface area contributed by atoms with E-state index in [9.17, 15) is 29.4 Å². The van der Waals surface area contributed by atoms with Gasteiger partial charge >= 0.3 is 11.9 Å². The van der Waals surface area contributed by atoms with Gasteiger partial charge in [-0.2, -0.15) is 0 Å². The number of amides is 1. The van der Waals surface area contributed by atoms with Crippen molar-refractivity contribution in [3.63, 3.8) is 0 Å². The lowest BCUT2D eigenvalue weighted by molar-refractivity contribution is -0.140. The molecular weight excluding hydrogens is 595 g/mol. The van der Waals surface area contributed by atoms with Crippen molar-refractivity contribution in [2.24, 2.45) is 0 Å². The maximum atomic E-state index is 13.3. The molecule has 3 heterocycles. The minimum Gasteiger partial charge on any atom is -0.480 e. The highest BCUT2D eigenvalue weighted by Gasteiger charge is 2.35. The highest BCUT2D eigenvalue weighted by Crippen LogP contribution is 2.49. The Morgan fingerprint density at radius 2 is 1.70 bits per heavy atom. The molecule has 0 unspecified atom stereocenters. The molecule has 0 spiro atoms. The van der Waals surface area contributed by atoms with Crippen LogP contribution in [0.1, 0.15) is 6.42 Å². The van der Waals surface area contributed by atoms with E-state index in [1.54, 1.807) is 12.2 Å². The largest absolute Gasteiger partial charge is 0.480 e. The number of benzene rings is 2. The molecule has 1 amide bonds. The van der Waals surface area contributed by atoms with Crippen LogP contribution in [0.4, 0.5) is 5.69 Å². The Labute approximate surface area is 244 Å². The lowest BCUT2D eigenvalue weighted by Crippen LogP contribution is -2.36. The number of rotatable bonds is 8. The van der Waals surface area contributed by atoms with Crippen LogP contribution in [0.5, 0.6) is 0 Å². The summed E-state index contributed by atoms with van der Waals surface area (Å²) in [6, 6.07) is 12.1. The molecule has 1 saturated heterocycles. The van der Waals surface area contributed by atoms with Crippen LogP contribution < -0.4 is 19.7 Å². The number of carbonyl (C=O) groups excluding carboxylic acids is 1. The predicted molar refractivity (Wildman–Crippen MR) is 160 cm³/mol. The summed E-state index contributed by atoms with van der Waals surface area (Å²) in [5, 5.41) is 31.0. The Bertz CT molecular complexity index is 1790. The van der Waals surface area contributed by atoms with Gasteiger partial charge in [0.25, 0.3) is 11.5 Å². The smallest absolute Gasteiger partial charge is 0.323 e. The summed E-state index contributed by atoms with van der Waals surface area (Å²) in [6.07, 6.45) is 3.89. The summed E-state index contributed by atoms with van der Waals surface area (Å²) < 4.78 is 1.33. The maximum Gasteiger partial charge on any atom is 0.323 e. The molecule has 0 atom stereocenters. The van der Waals surface area contributed by atoms with Crippen LogP contribution in [0, 0.1) is 0 Å². The van der Waals surface area contributed by atoms with E-state index in [-0.39, 0.29) is 25.0 Å².